The Morgan fingerprint density at radius 1 is 1.36 bits per heavy atom. The Balaban J connectivity index is 2.09. The van der Waals surface area contributed by atoms with Crippen LogP contribution in [0.25, 0.3) is 0 Å². The zero-order chi connectivity index (χ0) is 7.68. The van der Waals surface area contributed by atoms with Gasteiger partial charge in [-0.2, -0.15) is 5.26 Å². The van der Waals surface area contributed by atoms with Crippen LogP contribution >= 0.6 is 0 Å². The molecule has 2 nitrogen and oxygen atoms in total. The molecule has 2 heteroatoms. The Morgan fingerprint density at radius 3 is 2.91 bits per heavy atom. The molecular weight excluding hydrogens is 136 g/mol. The largest absolute Gasteiger partial charge is 0.275 e. The SMILES string of the molecule is N#CC1=N[C@H]2CCCC[C@H]2C1. The molecule has 2 rings (SSSR count). The Labute approximate surface area is 66.9 Å². The normalized spacial score (nSPS) is 35.7. The van der Waals surface area contributed by atoms with Crippen molar-refractivity contribution in [2.75, 3.05) is 0 Å². The molecule has 0 N–H and O–H groups in total. The van der Waals surface area contributed by atoms with Crippen molar-refractivity contribution in [3.8, 4) is 6.07 Å². The molecule has 58 valence electrons. The quantitative estimate of drug-likeness (QED) is 0.517. The molecule has 2 atom stereocenters. The molecule has 0 spiro atoms. The highest BCUT2D eigenvalue weighted by atomic mass is 14.9. The lowest BCUT2D eigenvalue weighted by Gasteiger charge is -2.22. The van der Waals surface area contributed by atoms with Gasteiger partial charge < -0.3 is 0 Å². The molecule has 1 fully saturated rings. The van der Waals surface area contributed by atoms with Crippen molar-refractivity contribution in [3.63, 3.8) is 0 Å². The fourth-order valence-electron chi connectivity index (χ4n) is 2.17. The van der Waals surface area contributed by atoms with E-state index in [-0.39, 0.29) is 0 Å². The zero-order valence-corrected chi connectivity index (χ0v) is 6.58. The topological polar surface area (TPSA) is 36.1 Å². The van der Waals surface area contributed by atoms with Gasteiger partial charge in [0.2, 0.25) is 0 Å². The fourth-order valence-corrected chi connectivity index (χ4v) is 2.17. The minimum absolute atomic E-state index is 0.512. The van der Waals surface area contributed by atoms with E-state index in [1.165, 1.54) is 25.7 Å². The molecule has 2 aliphatic rings. The average Bonchev–Trinajstić information content (AvgIpc) is 2.46. The van der Waals surface area contributed by atoms with Crippen LogP contribution in [0, 0.1) is 17.2 Å². The Hall–Kier alpha value is -0.840. The average molecular weight is 148 g/mol. The summed E-state index contributed by atoms with van der Waals surface area (Å²) < 4.78 is 0. The molecule has 11 heavy (non-hydrogen) atoms. The van der Waals surface area contributed by atoms with E-state index in [0.717, 1.165) is 18.1 Å². The minimum atomic E-state index is 0.512. The molecule has 0 amide bonds. The van der Waals surface area contributed by atoms with Crippen molar-refractivity contribution < 1.29 is 0 Å². The number of aliphatic imine (C=N–C) groups is 1. The van der Waals surface area contributed by atoms with Gasteiger partial charge in [0.1, 0.15) is 11.8 Å². The van der Waals surface area contributed by atoms with Gasteiger partial charge in [-0.05, 0) is 18.8 Å². The summed E-state index contributed by atoms with van der Waals surface area (Å²) in [5, 5.41) is 8.63. The van der Waals surface area contributed by atoms with E-state index in [0.29, 0.717) is 6.04 Å². The molecule has 0 aromatic carbocycles. The highest BCUT2D eigenvalue weighted by Gasteiger charge is 2.30. The molecular formula is C9H12N2. The van der Waals surface area contributed by atoms with Gasteiger partial charge in [-0.15, -0.1) is 0 Å². The van der Waals surface area contributed by atoms with Crippen LogP contribution < -0.4 is 0 Å². The van der Waals surface area contributed by atoms with Crippen molar-refractivity contribution in [3.05, 3.63) is 0 Å². The fraction of sp³-hybridized carbons (Fsp3) is 0.778. The summed E-state index contributed by atoms with van der Waals surface area (Å²) in [7, 11) is 0. The minimum Gasteiger partial charge on any atom is -0.275 e. The van der Waals surface area contributed by atoms with Crippen molar-refractivity contribution in [2.24, 2.45) is 10.9 Å². The van der Waals surface area contributed by atoms with Crippen LogP contribution in [0.2, 0.25) is 0 Å². The summed E-state index contributed by atoms with van der Waals surface area (Å²) >= 11 is 0. The Kier molecular flexibility index (Phi) is 1.65. The van der Waals surface area contributed by atoms with Gasteiger partial charge in [0, 0.05) is 6.42 Å². The van der Waals surface area contributed by atoms with Crippen LogP contribution in [-0.2, 0) is 0 Å². The molecule has 1 aliphatic carbocycles. The van der Waals surface area contributed by atoms with Crippen molar-refractivity contribution in [2.45, 2.75) is 38.1 Å². The van der Waals surface area contributed by atoms with Crippen LogP contribution in [0.4, 0.5) is 0 Å². The summed E-state index contributed by atoms with van der Waals surface area (Å²) in [6, 6.07) is 2.68. The maximum absolute atomic E-state index is 8.63. The second-order valence-corrected chi connectivity index (χ2v) is 3.50. The van der Waals surface area contributed by atoms with Crippen LogP contribution in [0.1, 0.15) is 32.1 Å². The van der Waals surface area contributed by atoms with Gasteiger partial charge in [-0.1, -0.05) is 12.8 Å². The summed E-state index contributed by atoms with van der Waals surface area (Å²) in [4.78, 5) is 4.38. The lowest BCUT2D eigenvalue weighted by Crippen LogP contribution is -2.18. The van der Waals surface area contributed by atoms with Crippen LogP contribution in [0.3, 0.4) is 0 Å². The molecule has 0 saturated heterocycles. The first-order chi connectivity index (χ1) is 5.40. The molecule has 1 aliphatic heterocycles. The number of rotatable bonds is 0. The first-order valence-corrected chi connectivity index (χ1v) is 4.37. The summed E-state index contributed by atoms with van der Waals surface area (Å²) in [6.45, 7) is 0. The number of fused-ring (bicyclic) bond motifs is 1. The van der Waals surface area contributed by atoms with Gasteiger partial charge in [0.25, 0.3) is 0 Å². The van der Waals surface area contributed by atoms with Crippen LogP contribution in [0.15, 0.2) is 4.99 Å². The van der Waals surface area contributed by atoms with Gasteiger partial charge >= 0.3 is 0 Å². The summed E-state index contributed by atoms with van der Waals surface area (Å²) in [6.07, 6.45) is 6.12. The highest BCUT2D eigenvalue weighted by molar-refractivity contribution is 5.99. The predicted octanol–water partition coefficient (Wildman–Crippen LogP) is 1.91. The van der Waals surface area contributed by atoms with Crippen molar-refractivity contribution in [1.29, 1.82) is 5.26 Å². The van der Waals surface area contributed by atoms with E-state index in [9.17, 15) is 0 Å². The lowest BCUT2D eigenvalue weighted by atomic mass is 9.84. The van der Waals surface area contributed by atoms with Gasteiger partial charge in [-0.25, -0.2) is 0 Å². The molecule has 0 aromatic rings. The molecule has 0 radical (unpaired) electrons. The third-order valence-corrected chi connectivity index (χ3v) is 2.78. The number of nitriles is 1. The van der Waals surface area contributed by atoms with Gasteiger partial charge in [-0.3, -0.25) is 4.99 Å². The van der Waals surface area contributed by atoms with E-state index in [1.54, 1.807) is 0 Å². The molecule has 1 heterocycles. The van der Waals surface area contributed by atoms with E-state index in [2.05, 4.69) is 11.1 Å². The van der Waals surface area contributed by atoms with Crippen molar-refractivity contribution >= 4 is 5.71 Å². The second-order valence-electron chi connectivity index (χ2n) is 3.50. The standard InChI is InChI=1S/C9H12N2/c10-6-8-5-7-3-1-2-4-9(7)11-8/h7,9H,1-5H2/t7-,9-/m0/s1. The van der Waals surface area contributed by atoms with Crippen LogP contribution in [-0.4, -0.2) is 11.8 Å². The van der Waals surface area contributed by atoms with E-state index in [1.807, 2.05) is 0 Å². The number of hydrogen-bond acceptors (Lipinski definition) is 2. The van der Waals surface area contributed by atoms with E-state index < -0.39 is 0 Å². The smallest absolute Gasteiger partial charge is 0.114 e. The highest BCUT2D eigenvalue weighted by Crippen LogP contribution is 2.33. The zero-order valence-electron chi connectivity index (χ0n) is 6.58. The Bertz CT molecular complexity index is 224. The number of hydrogen-bond donors (Lipinski definition) is 0. The summed E-state index contributed by atoms with van der Waals surface area (Å²) in [5.74, 6) is 0.721. The van der Waals surface area contributed by atoms with Crippen molar-refractivity contribution in [1.82, 2.24) is 0 Å². The maximum atomic E-state index is 8.63. The third-order valence-electron chi connectivity index (χ3n) is 2.78. The third kappa shape index (κ3) is 1.16. The monoisotopic (exact) mass is 148 g/mol. The first-order valence-electron chi connectivity index (χ1n) is 4.37. The van der Waals surface area contributed by atoms with Gasteiger partial charge in [0.05, 0.1) is 6.04 Å². The summed E-state index contributed by atoms with van der Waals surface area (Å²) in [5.41, 5.74) is 0.793. The molecule has 0 aromatic heterocycles. The second kappa shape index (κ2) is 2.65. The molecule has 0 unspecified atom stereocenters. The van der Waals surface area contributed by atoms with Crippen LogP contribution in [0.5, 0.6) is 0 Å². The molecule has 1 saturated carbocycles. The van der Waals surface area contributed by atoms with E-state index in [4.69, 9.17) is 5.26 Å². The maximum Gasteiger partial charge on any atom is 0.114 e. The first kappa shape index (κ1) is 6.84. The lowest BCUT2D eigenvalue weighted by molar-refractivity contribution is 0.337. The Morgan fingerprint density at radius 2 is 2.18 bits per heavy atom. The predicted molar refractivity (Wildman–Crippen MR) is 43.4 cm³/mol. The van der Waals surface area contributed by atoms with Gasteiger partial charge in [0.15, 0.2) is 0 Å². The van der Waals surface area contributed by atoms with E-state index >= 15 is 0 Å². The molecule has 0 bridgehead atoms. The number of nitrogens with zero attached hydrogens (tertiary/aromatic N) is 2.